The average molecular weight is 255 g/mol. The molecule has 96 valence electrons. The number of alkyl halides is 1. The number of hydrogen-bond donors (Lipinski definition) is 0. The standard InChI is InChI=1S/C14H23ClN2/c1-5-11(3)10-17(6-2)14-12(4)7-13(8-15)9-16-14/h7,9,11H,5-6,8,10H2,1-4H3. The number of nitrogens with zero attached hydrogens (tertiary/aromatic N) is 2. The zero-order valence-electron chi connectivity index (χ0n) is 11.3. The topological polar surface area (TPSA) is 16.1 Å². The van der Waals surface area contributed by atoms with E-state index in [1.54, 1.807) is 0 Å². The van der Waals surface area contributed by atoms with Gasteiger partial charge in [-0.05, 0) is 37.0 Å². The summed E-state index contributed by atoms with van der Waals surface area (Å²) in [7, 11) is 0. The molecule has 1 aromatic rings. The van der Waals surface area contributed by atoms with Crippen molar-refractivity contribution >= 4 is 17.4 Å². The van der Waals surface area contributed by atoms with E-state index in [0.717, 1.165) is 24.5 Å². The van der Waals surface area contributed by atoms with Crippen LogP contribution in [0.15, 0.2) is 12.3 Å². The van der Waals surface area contributed by atoms with Gasteiger partial charge in [0.25, 0.3) is 0 Å². The smallest absolute Gasteiger partial charge is 0.131 e. The van der Waals surface area contributed by atoms with Gasteiger partial charge in [-0.25, -0.2) is 4.98 Å². The highest BCUT2D eigenvalue weighted by Gasteiger charge is 2.12. The Kier molecular flexibility index (Phi) is 5.76. The quantitative estimate of drug-likeness (QED) is 0.714. The Hall–Kier alpha value is -0.760. The van der Waals surface area contributed by atoms with E-state index in [2.05, 4.69) is 43.6 Å². The van der Waals surface area contributed by atoms with E-state index >= 15 is 0 Å². The van der Waals surface area contributed by atoms with Crippen molar-refractivity contribution in [3.8, 4) is 0 Å². The van der Waals surface area contributed by atoms with Crippen LogP contribution in [0.1, 0.15) is 38.3 Å². The van der Waals surface area contributed by atoms with Crippen LogP contribution in [0, 0.1) is 12.8 Å². The zero-order chi connectivity index (χ0) is 12.8. The molecule has 0 aliphatic heterocycles. The minimum absolute atomic E-state index is 0.533. The van der Waals surface area contributed by atoms with Gasteiger partial charge in [-0.3, -0.25) is 0 Å². The maximum Gasteiger partial charge on any atom is 0.131 e. The summed E-state index contributed by atoms with van der Waals surface area (Å²) in [6, 6.07) is 2.13. The number of rotatable bonds is 6. The van der Waals surface area contributed by atoms with Crippen molar-refractivity contribution in [2.75, 3.05) is 18.0 Å². The van der Waals surface area contributed by atoms with Gasteiger partial charge in [0.2, 0.25) is 0 Å². The third-order valence-electron chi connectivity index (χ3n) is 3.17. The predicted molar refractivity (Wildman–Crippen MR) is 75.9 cm³/mol. The molecular weight excluding hydrogens is 232 g/mol. The number of hydrogen-bond acceptors (Lipinski definition) is 2. The van der Waals surface area contributed by atoms with Gasteiger partial charge in [0.1, 0.15) is 5.82 Å². The molecule has 1 atom stereocenters. The van der Waals surface area contributed by atoms with E-state index < -0.39 is 0 Å². The molecule has 3 heteroatoms. The molecule has 0 spiro atoms. The molecule has 0 radical (unpaired) electrons. The van der Waals surface area contributed by atoms with E-state index in [9.17, 15) is 0 Å². The van der Waals surface area contributed by atoms with Gasteiger partial charge in [0.05, 0.1) is 0 Å². The van der Waals surface area contributed by atoms with Crippen LogP contribution in [-0.4, -0.2) is 18.1 Å². The highest BCUT2D eigenvalue weighted by molar-refractivity contribution is 6.17. The average Bonchev–Trinajstić information content (AvgIpc) is 2.35. The summed E-state index contributed by atoms with van der Waals surface area (Å²) in [5, 5.41) is 0. The lowest BCUT2D eigenvalue weighted by Crippen LogP contribution is -2.29. The Morgan fingerprint density at radius 1 is 1.41 bits per heavy atom. The Labute approximate surface area is 110 Å². The van der Waals surface area contributed by atoms with E-state index in [4.69, 9.17) is 11.6 Å². The molecule has 1 heterocycles. The van der Waals surface area contributed by atoms with Gasteiger partial charge in [-0.15, -0.1) is 11.6 Å². The SMILES string of the molecule is CCC(C)CN(CC)c1ncc(CCl)cc1C. The molecule has 0 saturated carbocycles. The first-order chi connectivity index (χ1) is 8.12. The molecule has 0 bridgehead atoms. The van der Waals surface area contributed by atoms with Gasteiger partial charge in [0.15, 0.2) is 0 Å². The van der Waals surface area contributed by atoms with Gasteiger partial charge in [-0.2, -0.15) is 0 Å². The number of anilines is 1. The molecule has 0 amide bonds. The van der Waals surface area contributed by atoms with Crippen molar-refractivity contribution in [2.24, 2.45) is 5.92 Å². The van der Waals surface area contributed by atoms with E-state index in [0.29, 0.717) is 11.8 Å². The summed E-state index contributed by atoms with van der Waals surface area (Å²) in [6.07, 6.45) is 3.09. The second kappa shape index (κ2) is 6.85. The molecule has 0 N–H and O–H groups in total. The summed E-state index contributed by atoms with van der Waals surface area (Å²) in [5.74, 6) is 2.33. The third kappa shape index (κ3) is 3.88. The second-order valence-corrected chi connectivity index (χ2v) is 4.94. The van der Waals surface area contributed by atoms with Crippen molar-refractivity contribution < 1.29 is 0 Å². The van der Waals surface area contributed by atoms with Crippen LogP contribution in [0.5, 0.6) is 0 Å². The first kappa shape index (κ1) is 14.3. The Morgan fingerprint density at radius 3 is 2.59 bits per heavy atom. The van der Waals surface area contributed by atoms with Crippen molar-refractivity contribution in [1.29, 1.82) is 0 Å². The third-order valence-corrected chi connectivity index (χ3v) is 3.48. The molecular formula is C14H23ClN2. The fraction of sp³-hybridized carbons (Fsp3) is 0.643. The second-order valence-electron chi connectivity index (χ2n) is 4.67. The van der Waals surface area contributed by atoms with E-state index in [-0.39, 0.29) is 0 Å². The number of aryl methyl sites for hydroxylation is 1. The molecule has 0 saturated heterocycles. The molecule has 1 aromatic heterocycles. The summed E-state index contributed by atoms with van der Waals surface area (Å²) < 4.78 is 0. The van der Waals surface area contributed by atoms with E-state index in [1.165, 1.54) is 12.0 Å². The van der Waals surface area contributed by atoms with Crippen LogP contribution in [0.4, 0.5) is 5.82 Å². The van der Waals surface area contributed by atoms with Crippen LogP contribution in [0.3, 0.4) is 0 Å². The largest absolute Gasteiger partial charge is 0.356 e. The summed E-state index contributed by atoms with van der Waals surface area (Å²) in [4.78, 5) is 6.90. The molecule has 0 aliphatic carbocycles. The van der Waals surface area contributed by atoms with Crippen LogP contribution >= 0.6 is 11.6 Å². The normalized spacial score (nSPS) is 12.5. The maximum absolute atomic E-state index is 5.82. The van der Waals surface area contributed by atoms with Crippen LogP contribution in [0.2, 0.25) is 0 Å². The fourth-order valence-electron chi connectivity index (χ4n) is 1.90. The molecule has 0 aromatic carbocycles. The monoisotopic (exact) mass is 254 g/mol. The van der Waals surface area contributed by atoms with Crippen LogP contribution in [0.25, 0.3) is 0 Å². The highest BCUT2D eigenvalue weighted by atomic mass is 35.5. The first-order valence-corrected chi connectivity index (χ1v) is 6.92. The predicted octanol–water partition coefficient (Wildman–Crippen LogP) is 4.00. The highest BCUT2D eigenvalue weighted by Crippen LogP contribution is 2.20. The minimum atomic E-state index is 0.533. The first-order valence-electron chi connectivity index (χ1n) is 6.38. The Morgan fingerprint density at radius 2 is 2.12 bits per heavy atom. The summed E-state index contributed by atoms with van der Waals surface area (Å²) in [5.41, 5.74) is 2.31. The number of halogens is 1. The van der Waals surface area contributed by atoms with Crippen LogP contribution < -0.4 is 4.90 Å². The van der Waals surface area contributed by atoms with Gasteiger partial charge >= 0.3 is 0 Å². The van der Waals surface area contributed by atoms with Gasteiger partial charge in [0, 0.05) is 25.2 Å². The summed E-state index contributed by atoms with van der Waals surface area (Å²) in [6.45, 7) is 10.9. The van der Waals surface area contributed by atoms with Crippen molar-refractivity contribution in [2.45, 2.75) is 40.0 Å². The molecule has 0 fully saturated rings. The van der Waals surface area contributed by atoms with Crippen LogP contribution in [-0.2, 0) is 5.88 Å². The Balaban J connectivity index is 2.88. The fourth-order valence-corrected chi connectivity index (χ4v) is 2.05. The molecule has 17 heavy (non-hydrogen) atoms. The minimum Gasteiger partial charge on any atom is -0.356 e. The molecule has 1 rings (SSSR count). The molecule has 1 unspecified atom stereocenters. The zero-order valence-corrected chi connectivity index (χ0v) is 12.1. The van der Waals surface area contributed by atoms with Gasteiger partial charge in [-0.1, -0.05) is 20.3 Å². The van der Waals surface area contributed by atoms with Gasteiger partial charge < -0.3 is 4.90 Å². The maximum atomic E-state index is 5.82. The van der Waals surface area contributed by atoms with Crippen molar-refractivity contribution in [1.82, 2.24) is 4.98 Å². The van der Waals surface area contributed by atoms with Crippen molar-refractivity contribution in [3.05, 3.63) is 23.4 Å². The number of aromatic nitrogens is 1. The molecule has 0 aliphatic rings. The van der Waals surface area contributed by atoms with Crippen molar-refractivity contribution in [3.63, 3.8) is 0 Å². The molecule has 2 nitrogen and oxygen atoms in total. The lowest BCUT2D eigenvalue weighted by Gasteiger charge is -2.26. The van der Waals surface area contributed by atoms with E-state index in [1.807, 2.05) is 6.20 Å². The number of pyridine rings is 1. The Bertz CT molecular complexity index is 352. The summed E-state index contributed by atoms with van der Waals surface area (Å²) >= 11 is 5.82. The lowest BCUT2D eigenvalue weighted by molar-refractivity contribution is 0.545. The lowest BCUT2D eigenvalue weighted by atomic mass is 10.1.